The van der Waals surface area contributed by atoms with Gasteiger partial charge in [-0.3, -0.25) is 5.32 Å². The molecule has 1 fully saturated rings. The van der Waals surface area contributed by atoms with Crippen LogP contribution >= 0.6 is 0 Å². The third-order valence-electron chi connectivity index (χ3n) is 4.63. The monoisotopic (exact) mass is 357 g/mol. The molecule has 0 saturated heterocycles. The molecular formula is C20H27N3O3. The molecule has 1 saturated carbocycles. The average molecular weight is 357 g/mol. The van der Waals surface area contributed by atoms with Gasteiger partial charge in [0.1, 0.15) is 12.4 Å². The fourth-order valence-electron chi connectivity index (χ4n) is 3.29. The molecule has 0 aliphatic heterocycles. The standard InChI is InChI=1S/C20H27N3O3/c1-20(2,3)23-18(12-17(22-23)15-9-10-16(24)11-15)21-19(25)26-13-14-7-5-4-6-8-14/h4-8,12,15-16,24H,9-11,13H2,1-3H3,(H,21,25)/t15?,16-/m1/s1. The molecule has 1 amide bonds. The molecule has 26 heavy (non-hydrogen) atoms. The molecule has 0 radical (unpaired) electrons. The molecule has 6 nitrogen and oxygen atoms in total. The third-order valence-corrected chi connectivity index (χ3v) is 4.63. The van der Waals surface area contributed by atoms with E-state index in [1.165, 1.54) is 0 Å². The molecule has 6 heteroatoms. The number of benzene rings is 1. The number of hydrogen-bond donors (Lipinski definition) is 2. The maximum Gasteiger partial charge on any atom is 0.413 e. The summed E-state index contributed by atoms with van der Waals surface area (Å²) < 4.78 is 7.14. The number of nitrogens with zero attached hydrogens (tertiary/aromatic N) is 2. The lowest BCUT2D eigenvalue weighted by atomic mass is 10.0. The van der Waals surface area contributed by atoms with Crippen molar-refractivity contribution in [2.75, 3.05) is 5.32 Å². The van der Waals surface area contributed by atoms with Gasteiger partial charge in [-0.05, 0) is 45.6 Å². The molecule has 0 spiro atoms. The number of aliphatic hydroxyl groups excluding tert-OH is 1. The second-order valence-electron chi connectivity index (χ2n) is 7.89. The number of carbonyl (C=O) groups excluding carboxylic acids is 1. The van der Waals surface area contributed by atoms with Crippen LogP contribution in [0.25, 0.3) is 0 Å². The molecule has 3 rings (SSSR count). The van der Waals surface area contributed by atoms with Crippen molar-refractivity contribution in [3.8, 4) is 0 Å². The maximum atomic E-state index is 12.2. The van der Waals surface area contributed by atoms with Crippen molar-refractivity contribution < 1.29 is 14.6 Å². The topological polar surface area (TPSA) is 76.4 Å². The predicted molar refractivity (Wildman–Crippen MR) is 100 cm³/mol. The van der Waals surface area contributed by atoms with E-state index in [-0.39, 0.29) is 24.2 Å². The zero-order valence-electron chi connectivity index (χ0n) is 15.6. The number of aliphatic hydroxyl groups is 1. The molecule has 1 aromatic carbocycles. The van der Waals surface area contributed by atoms with Gasteiger partial charge in [0.25, 0.3) is 0 Å². The lowest BCUT2D eigenvalue weighted by Crippen LogP contribution is -2.27. The van der Waals surface area contributed by atoms with Crippen LogP contribution in [-0.2, 0) is 16.9 Å². The summed E-state index contributed by atoms with van der Waals surface area (Å²) in [7, 11) is 0. The van der Waals surface area contributed by atoms with Crippen LogP contribution in [0, 0.1) is 0 Å². The largest absolute Gasteiger partial charge is 0.444 e. The minimum Gasteiger partial charge on any atom is -0.444 e. The Morgan fingerprint density at radius 3 is 2.65 bits per heavy atom. The molecule has 1 aliphatic carbocycles. The van der Waals surface area contributed by atoms with Gasteiger partial charge in [-0.2, -0.15) is 5.10 Å². The first-order valence-electron chi connectivity index (χ1n) is 9.09. The summed E-state index contributed by atoms with van der Waals surface area (Å²) in [6, 6.07) is 11.5. The summed E-state index contributed by atoms with van der Waals surface area (Å²) in [5.74, 6) is 0.849. The van der Waals surface area contributed by atoms with Crippen LogP contribution in [0.15, 0.2) is 36.4 Å². The number of anilines is 1. The van der Waals surface area contributed by atoms with Crippen LogP contribution in [0.3, 0.4) is 0 Å². The van der Waals surface area contributed by atoms with Crippen LogP contribution in [0.4, 0.5) is 10.6 Å². The van der Waals surface area contributed by atoms with Gasteiger partial charge in [-0.1, -0.05) is 30.3 Å². The SMILES string of the molecule is CC(C)(C)n1nc(C2CC[C@@H](O)C2)cc1NC(=O)OCc1ccccc1. The number of ether oxygens (including phenoxy) is 1. The highest BCUT2D eigenvalue weighted by Gasteiger charge is 2.29. The van der Waals surface area contributed by atoms with Crippen molar-refractivity contribution in [2.45, 2.75) is 64.2 Å². The molecule has 2 atom stereocenters. The molecule has 1 aromatic heterocycles. The molecule has 2 aromatic rings. The minimum atomic E-state index is -0.503. The first-order chi connectivity index (χ1) is 12.3. The van der Waals surface area contributed by atoms with E-state index in [2.05, 4.69) is 5.32 Å². The van der Waals surface area contributed by atoms with Crippen molar-refractivity contribution in [3.63, 3.8) is 0 Å². The molecule has 140 valence electrons. The van der Waals surface area contributed by atoms with E-state index >= 15 is 0 Å². The number of amides is 1. The lowest BCUT2D eigenvalue weighted by molar-refractivity contribution is 0.154. The van der Waals surface area contributed by atoms with Crippen molar-refractivity contribution in [2.24, 2.45) is 0 Å². The van der Waals surface area contributed by atoms with Gasteiger partial charge >= 0.3 is 6.09 Å². The van der Waals surface area contributed by atoms with Gasteiger partial charge in [0, 0.05) is 12.0 Å². The number of nitrogens with one attached hydrogen (secondary N) is 1. The Morgan fingerprint density at radius 2 is 2.04 bits per heavy atom. The molecule has 1 heterocycles. The molecule has 1 aliphatic rings. The highest BCUT2D eigenvalue weighted by Crippen LogP contribution is 2.36. The summed E-state index contributed by atoms with van der Waals surface area (Å²) in [6.45, 7) is 6.33. The minimum absolute atomic E-state index is 0.220. The Bertz CT molecular complexity index is 749. The summed E-state index contributed by atoms with van der Waals surface area (Å²) in [4.78, 5) is 12.2. The van der Waals surface area contributed by atoms with Gasteiger partial charge in [0.15, 0.2) is 0 Å². The van der Waals surface area contributed by atoms with Gasteiger partial charge < -0.3 is 9.84 Å². The average Bonchev–Trinajstić information content (AvgIpc) is 3.20. The second kappa shape index (κ2) is 7.50. The fourth-order valence-corrected chi connectivity index (χ4v) is 3.29. The van der Waals surface area contributed by atoms with Crippen molar-refractivity contribution in [1.29, 1.82) is 0 Å². The number of aromatic nitrogens is 2. The quantitative estimate of drug-likeness (QED) is 0.867. The highest BCUT2D eigenvalue weighted by molar-refractivity contribution is 5.83. The Morgan fingerprint density at radius 1 is 1.31 bits per heavy atom. The lowest BCUT2D eigenvalue weighted by Gasteiger charge is -2.22. The van der Waals surface area contributed by atoms with Crippen LogP contribution in [0.1, 0.15) is 57.2 Å². The first-order valence-corrected chi connectivity index (χ1v) is 9.09. The second-order valence-corrected chi connectivity index (χ2v) is 7.89. The van der Waals surface area contributed by atoms with E-state index in [4.69, 9.17) is 9.84 Å². The summed E-state index contributed by atoms with van der Waals surface area (Å²) in [5, 5.41) is 17.3. The Labute approximate surface area is 154 Å². The smallest absolute Gasteiger partial charge is 0.413 e. The highest BCUT2D eigenvalue weighted by atomic mass is 16.5. The van der Waals surface area contributed by atoms with Crippen molar-refractivity contribution in [3.05, 3.63) is 47.7 Å². The first kappa shape index (κ1) is 18.5. The van der Waals surface area contributed by atoms with Crippen LogP contribution in [-0.4, -0.2) is 27.1 Å². The Hall–Kier alpha value is -2.34. The van der Waals surface area contributed by atoms with E-state index in [0.717, 1.165) is 30.5 Å². The number of carbonyl (C=O) groups is 1. The van der Waals surface area contributed by atoms with E-state index in [1.807, 2.05) is 61.9 Å². The van der Waals surface area contributed by atoms with Gasteiger partial charge in [0.2, 0.25) is 0 Å². The van der Waals surface area contributed by atoms with E-state index in [9.17, 15) is 9.90 Å². The Balaban J connectivity index is 1.71. The van der Waals surface area contributed by atoms with Crippen molar-refractivity contribution >= 4 is 11.9 Å². The van der Waals surface area contributed by atoms with Crippen molar-refractivity contribution in [1.82, 2.24) is 9.78 Å². The molecule has 2 N–H and O–H groups in total. The van der Waals surface area contributed by atoms with Crippen LogP contribution in [0.2, 0.25) is 0 Å². The number of hydrogen-bond acceptors (Lipinski definition) is 4. The Kier molecular flexibility index (Phi) is 5.32. The van der Waals surface area contributed by atoms with E-state index < -0.39 is 6.09 Å². The van der Waals surface area contributed by atoms with E-state index in [0.29, 0.717) is 5.82 Å². The molecule has 0 bridgehead atoms. The zero-order valence-corrected chi connectivity index (χ0v) is 15.6. The summed E-state index contributed by atoms with van der Waals surface area (Å²) in [6.07, 6.45) is 1.68. The normalized spacial score (nSPS) is 20.2. The van der Waals surface area contributed by atoms with E-state index in [1.54, 1.807) is 0 Å². The van der Waals surface area contributed by atoms with Gasteiger partial charge in [-0.15, -0.1) is 0 Å². The number of rotatable bonds is 4. The summed E-state index contributed by atoms with van der Waals surface area (Å²) >= 11 is 0. The zero-order chi connectivity index (χ0) is 18.7. The van der Waals surface area contributed by atoms with Crippen LogP contribution < -0.4 is 5.32 Å². The molecular weight excluding hydrogens is 330 g/mol. The maximum absolute atomic E-state index is 12.2. The fraction of sp³-hybridized carbons (Fsp3) is 0.500. The van der Waals surface area contributed by atoms with Gasteiger partial charge in [-0.25, -0.2) is 9.48 Å². The summed E-state index contributed by atoms with van der Waals surface area (Å²) in [5.41, 5.74) is 1.57. The van der Waals surface area contributed by atoms with Gasteiger partial charge in [0.05, 0.1) is 17.3 Å². The third kappa shape index (κ3) is 4.43. The molecule has 1 unspecified atom stereocenters. The predicted octanol–water partition coefficient (Wildman–Crippen LogP) is 4.02. The van der Waals surface area contributed by atoms with Crippen LogP contribution in [0.5, 0.6) is 0 Å².